The molecule has 0 atom stereocenters. The molecular weight excluding hydrogens is 180 g/mol. The van der Waals surface area contributed by atoms with Crippen LogP contribution in [0.5, 0.6) is 0 Å². The van der Waals surface area contributed by atoms with E-state index in [2.05, 4.69) is 0 Å². The lowest BCUT2D eigenvalue weighted by Gasteiger charge is -2.13. The Hall–Kier alpha value is -1.32. The average molecular weight is 192 g/mol. The first-order valence-electron chi connectivity index (χ1n) is 4.38. The van der Waals surface area contributed by atoms with Gasteiger partial charge in [0.05, 0.1) is 6.26 Å². The topological polar surface area (TPSA) is 31.6 Å². The van der Waals surface area contributed by atoms with Crippen molar-refractivity contribution in [3.63, 3.8) is 0 Å². The summed E-state index contributed by atoms with van der Waals surface area (Å²) in [6, 6.07) is 7.76. The summed E-state index contributed by atoms with van der Waals surface area (Å²) in [7, 11) is 3.24. The molecule has 1 heterocycles. The van der Waals surface area contributed by atoms with Crippen LogP contribution in [0, 0.1) is 0 Å². The minimum atomic E-state index is -0.311. The van der Waals surface area contributed by atoms with Gasteiger partial charge in [-0.15, -0.1) is 0 Å². The molecule has 0 radical (unpaired) electrons. The summed E-state index contributed by atoms with van der Waals surface area (Å²) in [6.45, 7) is 0. The SMILES string of the molecule is COC(OC)c1ccc2occc2c1. The molecule has 74 valence electrons. The summed E-state index contributed by atoms with van der Waals surface area (Å²) < 4.78 is 15.6. The molecule has 3 nitrogen and oxygen atoms in total. The first-order chi connectivity index (χ1) is 6.85. The van der Waals surface area contributed by atoms with Crippen molar-refractivity contribution in [2.24, 2.45) is 0 Å². The molecule has 0 aliphatic carbocycles. The quantitative estimate of drug-likeness (QED) is 0.701. The van der Waals surface area contributed by atoms with E-state index < -0.39 is 0 Å². The first-order valence-corrected chi connectivity index (χ1v) is 4.38. The van der Waals surface area contributed by atoms with E-state index in [1.54, 1.807) is 20.5 Å². The molecule has 0 spiro atoms. The van der Waals surface area contributed by atoms with Crippen molar-refractivity contribution >= 4 is 11.0 Å². The highest BCUT2D eigenvalue weighted by atomic mass is 16.7. The van der Waals surface area contributed by atoms with Gasteiger partial charge in [-0.05, 0) is 18.2 Å². The second-order valence-electron chi connectivity index (χ2n) is 3.02. The molecule has 2 aromatic rings. The molecule has 0 bridgehead atoms. The maximum Gasteiger partial charge on any atom is 0.183 e. The van der Waals surface area contributed by atoms with E-state index in [4.69, 9.17) is 13.9 Å². The Bertz CT molecular complexity index is 415. The lowest BCUT2D eigenvalue weighted by molar-refractivity contribution is -0.105. The maximum absolute atomic E-state index is 5.24. The summed E-state index contributed by atoms with van der Waals surface area (Å²) in [6.07, 6.45) is 1.36. The van der Waals surface area contributed by atoms with E-state index in [9.17, 15) is 0 Å². The van der Waals surface area contributed by atoms with Crippen LogP contribution in [-0.4, -0.2) is 14.2 Å². The predicted molar refractivity (Wildman–Crippen MR) is 53.0 cm³/mol. The number of methoxy groups -OCH3 is 2. The highest BCUT2D eigenvalue weighted by Crippen LogP contribution is 2.23. The molecule has 3 heteroatoms. The van der Waals surface area contributed by atoms with Gasteiger partial charge < -0.3 is 13.9 Å². The molecule has 0 aliphatic rings. The van der Waals surface area contributed by atoms with Crippen LogP contribution in [-0.2, 0) is 9.47 Å². The third-order valence-corrected chi connectivity index (χ3v) is 2.18. The molecule has 0 aliphatic heterocycles. The van der Waals surface area contributed by atoms with Crippen LogP contribution in [0.25, 0.3) is 11.0 Å². The predicted octanol–water partition coefficient (Wildman–Crippen LogP) is 2.72. The Balaban J connectivity index is 2.42. The van der Waals surface area contributed by atoms with Crippen molar-refractivity contribution in [1.82, 2.24) is 0 Å². The largest absolute Gasteiger partial charge is 0.464 e. The van der Waals surface area contributed by atoms with Crippen molar-refractivity contribution in [1.29, 1.82) is 0 Å². The molecule has 0 fully saturated rings. The van der Waals surface area contributed by atoms with Gasteiger partial charge in [-0.25, -0.2) is 0 Å². The number of fused-ring (bicyclic) bond motifs is 1. The van der Waals surface area contributed by atoms with Crippen LogP contribution in [0.1, 0.15) is 11.9 Å². The van der Waals surface area contributed by atoms with Crippen molar-refractivity contribution in [3.8, 4) is 0 Å². The number of rotatable bonds is 3. The standard InChI is InChI=1S/C11H12O3/c1-12-11(13-2)9-3-4-10-8(7-9)5-6-14-10/h3-7,11H,1-2H3. The Labute approximate surface area is 82.2 Å². The average Bonchev–Trinajstić information content (AvgIpc) is 2.66. The number of hydrogen-bond acceptors (Lipinski definition) is 3. The third-order valence-electron chi connectivity index (χ3n) is 2.18. The van der Waals surface area contributed by atoms with Gasteiger partial charge in [0, 0.05) is 25.2 Å². The number of hydrogen-bond donors (Lipinski definition) is 0. The van der Waals surface area contributed by atoms with Gasteiger partial charge in [0.15, 0.2) is 6.29 Å². The monoisotopic (exact) mass is 192 g/mol. The Kier molecular flexibility index (Phi) is 2.52. The number of benzene rings is 1. The van der Waals surface area contributed by atoms with Crippen LogP contribution in [0.4, 0.5) is 0 Å². The lowest BCUT2D eigenvalue weighted by atomic mass is 10.1. The lowest BCUT2D eigenvalue weighted by Crippen LogP contribution is -2.02. The van der Waals surface area contributed by atoms with E-state index in [1.165, 1.54) is 0 Å². The van der Waals surface area contributed by atoms with Gasteiger partial charge in [0.2, 0.25) is 0 Å². The van der Waals surface area contributed by atoms with Crippen LogP contribution < -0.4 is 0 Å². The smallest absolute Gasteiger partial charge is 0.183 e. The molecule has 0 unspecified atom stereocenters. The molecule has 1 aromatic heterocycles. The van der Waals surface area contributed by atoms with Crippen molar-refractivity contribution in [2.45, 2.75) is 6.29 Å². The van der Waals surface area contributed by atoms with E-state index in [0.717, 1.165) is 16.5 Å². The summed E-state index contributed by atoms with van der Waals surface area (Å²) in [5, 5.41) is 1.06. The van der Waals surface area contributed by atoms with Crippen LogP contribution in [0.15, 0.2) is 34.9 Å². The maximum atomic E-state index is 5.24. The van der Waals surface area contributed by atoms with Crippen LogP contribution in [0.2, 0.25) is 0 Å². The Morgan fingerprint density at radius 3 is 2.64 bits per heavy atom. The minimum Gasteiger partial charge on any atom is -0.464 e. The zero-order valence-corrected chi connectivity index (χ0v) is 8.19. The second-order valence-corrected chi connectivity index (χ2v) is 3.02. The molecular formula is C11H12O3. The molecule has 2 rings (SSSR count). The number of furan rings is 1. The minimum absolute atomic E-state index is 0.311. The summed E-state index contributed by atoms with van der Waals surface area (Å²) >= 11 is 0. The van der Waals surface area contributed by atoms with Gasteiger partial charge in [0.1, 0.15) is 5.58 Å². The summed E-state index contributed by atoms with van der Waals surface area (Å²) in [5.74, 6) is 0. The zero-order valence-electron chi connectivity index (χ0n) is 8.19. The second kappa shape index (κ2) is 3.82. The van der Waals surface area contributed by atoms with E-state index in [1.807, 2.05) is 24.3 Å². The van der Waals surface area contributed by atoms with Crippen molar-refractivity contribution < 1.29 is 13.9 Å². The molecule has 0 amide bonds. The normalized spacial score (nSPS) is 11.4. The highest BCUT2D eigenvalue weighted by Gasteiger charge is 2.09. The zero-order chi connectivity index (χ0) is 9.97. The molecule has 0 N–H and O–H groups in total. The van der Waals surface area contributed by atoms with E-state index >= 15 is 0 Å². The molecule has 0 saturated carbocycles. The van der Waals surface area contributed by atoms with Crippen LogP contribution in [0.3, 0.4) is 0 Å². The van der Waals surface area contributed by atoms with Gasteiger partial charge in [0.25, 0.3) is 0 Å². The first kappa shape index (κ1) is 9.24. The third kappa shape index (κ3) is 1.52. The summed E-state index contributed by atoms with van der Waals surface area (Å²) in [4.78, 5) is 0. The molecule has 14 heavy (non-hydrogen) atoms. The van der Waals surface area contributed by atoms with E-state index in [-0.39, 0.29) is 6.29 Å². The number of ether oxygens (including phenoxy) is 2. The van der Waals surface area contributed by atoms with Crippen LogP contribution >= 0.6 is 0 Å². The highest BCUT2D eigenvalue weighted by molar-refractivity contribution is 5.77. The van der Waals surface area contributed by atoms with Gasteiger partial charge >= 0.3 is 0 Å². The molecule has 1 aromatic carbocycles. The van der Waals surface area contributed by atoms with Crippen molar-refractivity contribution in [2.75, 3.05) is 14.2 Å². The fourth-order valence-corrected chi connectivity index (χ4v) is 1.50. The van der Waals surface area contributed by atoms with Gasteiger partial charge in [-0.2, -0.15) is 0 Å². The fourth-order valence-electron chi connectivity index (χ4n) is 1.50. The summed E-state index contributed by atoms with van der Waals surface area (Å²) in [5.41, 5.74) is 1.86. The fraction of sp³-hybridized carbons (Fsp3) is 0.273. The Morgan fingerprint density at radius 2 is 1.93 bits per heavy atom. The van der Waals surface area contributed by atoms with Gasteiger partial charge in [-0.3, -0.25) is 0 Å². The molecule has 0 saturated heterocycles. The van der Waals surface area contributed by atoms with Crippen molar-refractivity contribution in [3.05, 3.63) is 36.1 Å². The Morgan fingerprint density at radius 1 is 1.14 bits per heavy atom. The van der Waals surface area contributed by atoms with E-state index in [0.29, 0.717) is 0 Å². The van der Waals surface area contributed by atoms with Gasteiger partial charge in [-0.1, -0.05) is 6.07 Å².